The minimum Gasteiger partial charge on any atom is -0.381 e. The maximum Gasteiger partial charge on any atom is 0.430 e. The molecule has 0 spiro atoms. The number of ether oxygens (including phenoxy) is 1. The highest BCUT2D eigenvalue weighted by molar-refractivity contribution is 7.91. The van der Waals surface area contributed by atoms with Crippen molar-refractivity contribution < 1.29 is 44.6 Å². The molecule has 0 radical (unpaired) electrons. The second-order valence-corrected chi connectivity index (χ2v) is 12.3. The Labute approximate surface area is 214 Å². The van der Waals surface area contributed by atoms with Crippen LogP contribution in [-0.4, -0.2) is 69.1 Å². The average molecular weight is 573 g/mol. The zero-order valence-electron chi connectivity index (χ0n) is 19.5. The molecule has 37 heavy (non-hydrogen) atoms. The van der Waals surface area contributed by atoms with Gasteiger partial charge in [-0.3, -0.25) is 0 Å². The van der Waals surface area contributed by atoms with Crippen molar-refractivity contribution in [3.8, 4) is 0 Å². The fourth-order valence-electron chi connectivity index (χ4n) is 4.87. The second kappa shape index (κ2) is 10.4. The second-order valence-electron chi connectivity index (χ2n) is 9.19. The third-order valence-corrected chi connectivity index (χ3v) is 10.2. The van der Waals surface area contributed by atoms with Gasteiger partial charge in [-0.05, 0) is 48.8 Å². The van der Waals surface area contributed by atoms with Gasteiger partial charge in [-0.15, -0.1) is 11.3 Å². The monoisotopic (exact) mass is 572 g/mol. The lowest BCUT2D eigenvalue weighted by Gasteiger charge is -2.44. The molecule has 0 bridgehead atoms. The first kappa shape index (κ1) is 28.1. The van der Waals surface area contributed by atoms with E-state index in [1.54, 1.807) is 11.4 Å². The first-order chi connectivity index (χ1) is 17.2. The molecule has 3 heterocycles. The lowest BCUT2D eigenvalue weighted by molar-refractivity contribution is -0.376. The molecule has 2 aromatic rings. The summed E-state index contributed by atoms with van der Waals surface area (Å²) >= 11 is 1.10. The van der Waals surface area contributed by atoms with Crippen LogP contribution >= 0.6 is 11.3 Å². The molecule has 206 valence electrons. The zero-order valence-corrected chi connectivity index (χ0v) is 21.1. The number of piperazine rings is 1. The molecule has 1 atom stereocenters. The van der Waals surface area contributed by atoms with Gasteiger partial charge >= 0.3 is 12.4 Å². The standard InChI is InChI=1S/C23H26F6N2O4S2/c24-22(25,26)21(32,23(27,28)29)17-3-5-18(6-4-17)31-10-9-30(37(33,34)20-2-1-13-36-20)15-19(31)14-16-7-11-35-12-8-16/h1-6,13,16,19,32H,7-12,14-15H2. The maximum atomic E-state index is 13.3. The maximum absolute atomic E-state index is 13.3. The number of hydrogen-bond donors (Lipinski definition) is 1. The van der Waals surface area contributed by atoms with Gasteiger partial charge in [0.05, 0.1) is 0 Å². The van der Waals surface area contributed by atoms with E-state index in [-0.39, 0.29) is 35.8 Å². The number of nitrogens with zero attached hydrogens (tertiary/aromatic N) is 2. The third kappa shape index (κ3) is 5.49. The number of sulfonamides is 1. The summed E-state index contributed by atoms with van der Waals surface area (Å²) in [5.74, 6) is 0.227. The van der Waals surface area contributed by atoms with E-state index >= 15 is 0 Å². The van der Waals surface area contributed by atoms with E-state index in [2.05, 4.69) is 0 Å². The number of aliphatic hydroxyl groups is 1. The van der Waals surface area contributed by atoms with E-state index in [1.807, 2.05) is 4.90 Å². The van der Waals surface area contributed by atoms with Crippen LogP contribution in [0.3, 0.4) is 0 Å². The molecule has 2 aliphatic heterocycles. The number of alkyl halides is 6. The molecule has 4 rings (SSSR count). The molecule has 0 saturated carbocycles. The number of anilines is 1. The number of benzene rings is 1. The molecule has 1 unspecified atom stereocenters. The van der Waals surface area contributed by atoms with Crippen LogP contribution in [0.5, 0.6) is 0 Å². The molecule has 2 fully saturated rings. The number of halogens is 6. The van der Waals surface area contributed by atoms with Crippen molar-refractivity contribution in [3.63, 3.8) is 0 Å². The Kier molecular flexibility index (Phi) is 7.88. The summed E-state index contributed by atoms with van der Waals surface area (Å²) in [6, 6.07) is 6.25. The molecule has 2 saturated heterocycles. The van der Waals surface area contributed by atoms with Gasteiger partial charge in [0, 0.05) is 50.1 Å². The highest BCUT2D eigenvalue weighted by Gasteiger charge is 2.71. The van der Waals surface area contributed by atoms with Gasteiger partial charge in [0.1, 0.15) is 4.21 Å². The summed E-state index contributed by atoms with van der Waals surface area (Å²) in [4.78, 5) is 1.82. The van der Waals surface area contributed by atoms with E-state index < -0.39 is 33.5 Å². The Hall–Kier alpha value is -1.87. The Balaban J connectivity index is 1.62. The van der Waals surface area contributed by atoms with Crippen LogP contribution in [0.1, 0.15) is 24.8 Å². The van der Waals surface area contributed by atoms with Gasteiger partial charge in [0.25, 0.3) is 15.6 Å². The lowest BCUT2D eigenvalue weighted by Crippen LogP contribution is -2.55. The smallest absolute Gasteiger partial charge is 0.381 e. The van der Waals surface area contributed by atoms with Gasteiger partial charge in [-0.2, -0.15) is 30.6 Å². The summed E-state index contributed by atoms with van der Waals surface area (Å²) in [6.45, 7) is 1.55. The molecule has 1 aromatic carbocycles. The summed E-state index contributed by atoms with van der Waals surface area (Å²) < 4.78 is 113. The molecule has 0 amide bonds. The van der Waals surface area contributed by atoms with Crippen LogP contribution in [0.15, 0.2) is 46.0 Å². The number of thiophene rings is 1. The largest absolute Gasteiger partial charge is 0.430 e. The first-order valence-electron chi connectivity index (χ1n) is 11.6. The van der Waals surface area contributed by atoms with Crippen LogP contribution in [0.4, 0.5) is 32.0 Å². The molecular formula is C23H26F6N2O4S2. The first-order valence-corrected chi connectivity index (χ1v) is 13.9. The summed E-state index contributed by atoms with van der Waals surface area (Å²) in [5, 5.41) is 11.4. The number of hydrogen-bond acceptors (Lipinski definition) is 6. The van der Waals surface area contributed by atoms with Crippen molar-refractivity contribution in [2.75, 3.05) is 37.7 Å². The van der Waals surface area contributed by atoms with Crippen molar-refractivity contribution in [2.45, 2.75) is 47.5 Å². The van der Waals surface area contributed by atoms with Gasteiger partial charge in [0.15, 0.2) is 0 Å². The molecule has 1 aromatic heterocycles. The Morgan fingerprint density at radius 3 is 2.14 bits per heavy atom. The van der Waals surface area contributed by atoms with Crippen LogP contribution in [0.25, 0.3) is 0 Å². The van der Waals surface area contributed by atoms with Crippen molar-refractivity contribution in [2.24, 2.45) is 5.92 Å². The summed E-state index contributed by atoms with van der Waals surface area (Å²) in [5.41, 5.74) is -6.00. The normalized spacial score (nSPS) is 21.4. The van der Waals surface area contributed by atoms with Crippen LogP contribution in [0.2, 0.25) is 0 Å². The highest BCUT2D eigenvalue weighted by atomic mass is 32.2. The molecule has 1 N–H and O–H groups in total. The van der Waals surface area contributed by atoms with Crippen LogP contribution < -0.4 is 4.90 Å². The highest BCUT2D eigenvalue weighted by Crippen LogP contribution is 2.50. The quantitative estimate of drug-likeness (QED) is 0.506. The van der Waals surface area contributed by atoms with Crippen molar-refractivity contribution in [3.05, 3.63) is 47.3 Å². The van der Waals surface area contributed by atoms with Gasteiger partial charge in [-0.1, -0.05) is 18.2 Å². The Morgan fingerprint density at radius 2 is 1.59 bits per heavy atom. The summed E-state index contributed by atoms with van der Waals surface area (Å²) in [7, 11) is -3.74. The van der Waals surface area contributed by atoms with Crippen molar-refractivity contribution >= 4 is 27.0 Å². The summed E-state index contributed by atoms with van der Waals surface area (Å²) in [6.07, 6.45) is -9.83. The predicted molar refractivity (Wildman–Crippen MR) is 125 cm³/mol. The molecule has 2 aliphatic rings. The van der Waals surface area contributed by atoms with Gasteiger partial charge in [-0.25, -0.2) is 8.42 Å². The van der Waals surface area contributed by atoms with Crippen LogP contribution in [-0.2, 0) is 20.4 Å². The fourth-order valence-corrected chi connectivity index (χ4v) is 7.49. The van der Waals surface area contributed by atoms with E-state index in [0.29, 0.717) is 37.5 Å². The van der Waals surface area contributed by atoms with E-state index in [1.165, 1.54) is 10.4 Å². The molecular weight excluding hydrogens is 546 g/mol. The average Bonchev–Trinajstić information content (AvgIpc) is 3.39. The van der Waals surface area contributed by atoms with Gasteiger partial charge < -0.3 is 14.7 Å². The zero-order chi connectivity index (χ0) is 27.1. The van der Waals surface area contributed by atoms with E-state index in [0.717, 1.165) is 36.3 Å². The van der Waals surface area contributed by atoms with Gasteiger partial charge in [0.2, 0.25) is 0 Å². The van der Waals surface area contributed by atoms with Crippen LogP contribution in [0, 0.1) is 5.92 Å². The van der Waals surface area contributed by atoms with E-state index in [4.69, 9.17) is 4.74 Å². The topological polar surface area (TPSA) is 70.1 Å². The Bertz CT molecular complexity index is 1130. The Morgan fingerprint density at radius 1 is 0.973 bits per heavy atom. The molecule has 6 nitrogen and oxygen atoms in total. The van der Waals surface area contributed by atoms with E-state index in [9.17, 15) is 39.9 Å². The number of rotatable bonds is 6. The molecule has 14 heteroatoms. The third-order valence-electron chi connectivity index (χ3n) is 6.92. The lowest BCUT2D eigenvalue weighted by atomic mass is 9.90. The van der Waals surface area contributed by atoms with Crippen molar-refractivity contribution in [1.29, 1.82) is 0 Å². The minimum atomic E-state index is -5.97. The SMILES string of the molecule is O=S(=O)(c1cccs1)N1CCN(c2ccc(C(O)(C(F)(F)F)C(F)(F)F)cc2)C(CC2CCOCC2)C1. The fraction of sp³-hybridized carbons (Fsp3) is 0.565. The molecule has 0 aliphatic carbocycles. The van der Waals surface area contributed by atoms with Crippen molar-refractivity contribution in [1.82, 2.24) is 4.31 Å². The predicted octanol–water partition coefficient (Wildman–Crippen LogP) is 4.76. The minimum absolute atomic E-state index is 0.0985.